The Morgan fingerprint density at radius 1 is 1.41 bits per heavy atom. The largest absolute Gasteiger partial charge is 0.391 e. The Hall–Kier alpha value is -0.650. The molecule has 0 amide bonds. The van der Waals surface area contributed by atoms with E-state index < -0.39 is 0 Å². The van der Waals surface area contributed by atoms with Gasteiger partial charge in [0, 0.05) is 19.7 Å². The Labute approximate surface area is 106 Å². The van der Waals surface area contributed by atoms with Crippen molar-refractivity contribution in [1.82, 2.24) is 4.98 Å². The van der Waals surface area contributed by atoms with Gasteiger partial charge in [-0.1, -0.05) is 25.2 Å². The summed E-state index contributed by atoms with van der Waals surface area (Å²) in [5.41, 5.74) is 1.04. The monoisotopic (exact) mass is 256 g/mol. The molecule has 0 radical (unpaired) electrons. The lowest BCUT2D eigenvalue weighted by Crippen LogP contribution is -2.25. The van der Waals surface area contributed by atoms with Crippen LogP contribution in [0.1, 0.15) is 36.8 Å². The standard InChI is InChI=1S/C12H20N2O2S/c1-9(2)11-10(8-15)17-12(13-11)14-4-3-6-16-7-5-14/h9,15H,3-8H2,1-2H3. The van der Waals surface area contributed by atoms with Gasteiger partial charge in [-0.15, -0.1) is 0 Å². The molecule has 0 atom stereocenters. The zero-order valence-corrected chi connectivity index (χ0v) is 11.3. The van der Waals surface area contributed by atoms with Crippen LogP contribution >= 0.6 is 11.3 Å². The smallest absolute Gasteiger partial charge is 0.185 e. The Balaban J connectivity index is 2.19. The first-order chi connectivity index (χ1) is 8.22. The van der Waals surface area contributed by atoms with Gasteiger partial charge in [0.15, 0.2) is 5.13 Å². The Morgan fingerprint density at radius 3 is 2.88 bits per heavy atom. The number of hydrogen-bond acceptors (Lipinski definition) is 5. The third kappa shape index (κ3) is 2.97. The Kier molecular flexibility index (Phi) is 4.36. The van der Waals surface area contributed by atoms with E-state index in [1.54, 1.807) is 11.3 Å². The predicted molar refractivity (Wildman–Crippen MR) is 69.8 cm³/mol. The summed E-state index contributed by atoms with van der Waals surface area (Å²) >= 11 is 1.61. The molecule has 0 aliphatic carbocycles. The highest BCUT2D eigenvalue weighted by molar-refractivity contribution is 7.15. The first-order valence-electron chi connectivity index (χ1n) is 6.15. The molecule has 1 aromatic heterocycles. The van der Waals surface area contributed by atoms with E-state index in [0.717, 1.165) is 48.4 Å². The van der Waals surface area contributed by atoms with Gasteiger partial charge in [-0.2, -0.15) is 0 Å². The second-order valence-electron chi connectivity index (χ2n) is 4.57. The topological polar surface area (TPSA) is 45.6 Å². The van der Waals surface area contributed by atoms with Crippen molar-refractivity contribution in [2.24, 2.45) is 0 Å². The van der Waals surface area contributed by atoms with Crippen LogP contribution in [-0.2, 0) is 11.3 Å². The van der Waals surface area contributed by atoms with E-state index >= 15 is 0 Å². The van der Waals surface area contributed by atoms with Crippen LogP contribution in [0, 0.1) is 0 Å². The summed E-state index contributed by atoms with van der Waals surface area (Å²) in [4.78, 5) is 7.94. The lowest BCUT2D eigenvalue weighted by Gasteiger charge is -2.17. The van der Waals surface area contributed by atoms with Gasteiger partial charge in [-0.05, 0) is 12.3 Å². The van der Waals surface area contributed by atoms with Crippen LogP contribution in [-0.4, -0.2) is 36.4 Å². The number of hydrogen-bond donors (Lipinski definition) is 1. The molecule has 0 unspecified atom stereocenters. The number of rotatable bonds is 3. The zero-order chi connectivity index (χ0) is 12.3. The maximum Gasteiger partial charge on any atom is 0.185 e. The van der Waals surface area contributed by atoms with E-state index in [2.05, 4.69) is 23.7 Å². The summed E-state index contributed by atoms with van der Waals surface area (Å²) in [6, 6.07) is 0. The normalized spacial score (nSPS) is 17.5. The molecule has 1 fully saturated rings. The molecule has 5 heteroatoms. The van der Waals surface area contributed by atoms with Gasteiger partial charge in [-0.3, -0.25) is 0 Å². The van der Waals surface area contributed by atoms with E-state index in [-0.39, 0.29) is 6.61 Å². The molecule has 1 aliphatic rings. The summed E-state index contributed by atoms with van der Waals surface area (Å²) in [6.07, 6.45) is 1.05. The van der Waals surface area contributed by atoms with Gasteiger partial charge in [0.2, 0.25) is 0 Å². The second-order valence-corrected chi connectivity index (χ2v) is 5.63. The molecule has 1 N–H and O–H groups in total. The molecule has 1 aliphatic heterocycles. The quantitative estimate of drug-likeness (QED) is 0.898. The first-order valence-corrected chi connectivity index (χ1v) is 6.97. The minimum Gasteiger partial charge on any atom is -0.391 e. The number of aromatic nitrogens is 1. The van der Waals surface area contributed by atoms with Crippen molar-refractivity contribution in [2.75, 3.05) is 31.2 Å². The van der Waals surface area contributed by atoms with Crippen LogP contribution < -0.4 is 4.90 Å². The molecular weight excluding hydrogens is 236 g/mol. The summed E-state index contributed by atoms with van der Waals surface area (Å²) < 4.78 is 5.44. The minimum atomic E-state index is 0.0928. The molecule has 0 saturated carbocycles. The molecule has 0 spiro atoms. The fraction of sp³-hybridized carbons (Fsp3) is 0.750. The van der Waals surface area contributed by atoms with E-state index in [9.17, 15) is 5.11 Å². The van der Waals surface area contributed by atoms with Gasteiger partial charge in [0.25, 0.3) is 0 Å². The summed E-state index contributed by atoms with van der Waals surface area (Å²) in [6.45, 7) is 7.82. The van der Waals surface area contributed by atoms with E-state index in [4.69, 9.17) is 4.74 Å². The molecule has 17 heavy (non-hydrogen) atoms. The maximum absolute atomic E-state index is 9.36. The second kappa shape index (κ2) is 5.80. The van der Waals surface area contributed by atoms with Gasteiger partial charge in [0.1, 0.15) is 0 Å². The lowest BCUT2D eigenvalue weighted by molar-refractivity contribution is 0.152. The number of aliphatic hydroxyl groups is 1. The van der Waals surface area contributed by atoms with Crippen LogP contribution in [0.15, 0.2) is 0 Å². The van der Waals surface area contributed by atoms with Crippen molar-refractivity contribution in [3.8, 4) is 0 Å². The summed E-state index contributed by atoms with van der Waals surface area (Å²) in [5, 5.41) is 10.4. The van der Waals surface area contributed by atoms with Crippen LogP contribution in [0.4, 0.5) is 5.13 Å². The van der Waals surface area contributed by atoms with E-state index in [0.29, 0.717) is 5.92 Å². The third-order valence-corrected chi connectivity index (χ3v) is 4.02. The highest BCUT2D eigenvalue weighted by Gasteiger charge is 2.18. The first kappa shape index (κ1) is 12.8. The molecule has 4 nitrogen and oxygen atoms in total. The van der Waals surface area contributed by atoms with Gasteiger partial charge < -0.3 is 14.7 Å². The van der Waals surface area contributed by atoms with Crippen molar-refractivity contribution < 1.29 is 9.84 Å². The fourth-order valence-electron chi connectivity index (χ4n) is 1.99. The lowest BCUT2D eigenvalue weighted by atomic mass is 10.1. The number of anilines is 1. The van der Waals surface area contributed by atoms with Crippen molar-refractivity contribution in [3.05, 3.63) is 10.6 Å². The third-order valence-electron chi connectivity index (χ3n) is 2.90. The van der Waals surface area contributed by atoms with E-state index in [1.165, 1.54) is 0 Å². The number of ether oxygens (including phenoxy) is 1. The number of aliphatic hydroxyl groups excluding tert-OH is 1. The highest BCUT2D eigenvalue weighted by Crippen LogP contribution is 2.31. The molecule has 1 aromatic rings. The molecular formula is C12H20N2O2S. The zero-order valence-electron chi connectivity index (χ0n) is 10.5. The van der Waals surface area contributed by atoms with Crippen molar-refractivity contribution >= 4 is 16.5 Å². The van der Waals surface area contributed by atoms with Crippen molar-refractivity contribution in [3.63, 3.8) is 0 Å². The molecule has 2 rings (SSSR count). The molecule has 96 valence electrons. The summed E-state index contributed by atoms with van der Waals surface area (Å²) in [7, 11) is 0. The van der Waals surface area contributed by atoms with Crippen LogP contribution in [0.2, 0.25) is 0 Å². The number of thiazole rings is 1. The van der Waals surface area contributed by atoms with Gasteiger partial charge in [0.05, 0.1) is 23.8 Å². The van der Waals surface area contributed by atoms with Crippen LogP contribution in [0.25, 0.3) is 0 Å². The average molecular weight is 256 g/mol. The van der Waals surface area contributed by atoms with Crippen molar-refractivity contribution in [2.45, 2.75) is 32.8 Å². The van der Waals surface area contributed by atoms with Crippen molar-refractivity contribution in [1.29, 1.82) is 0 Å². The molecule has 2 heterocycles. The maximum atomic E-state index is 9.36. The Morgan fingerprint density at radius 2 is 2.24 bits per heavy atom. The van der Waals surface area contributed by atoms with Gasteiger partial charge in [-0.25, -0.2) is 4.98 Å². The molecule has 0 aromatic carbocycles. The predicted octanol–water partition coefficient (Wildman–Crippen LogP) is 1.99. The van der Waals surface area contributed by atoms with Gasteiger partial charge >= 0.3 is 0 Å². The minimum absolute atomic E-state index is 0.0928. The average Bonchev–Trinajstić information content (AvgIpc) is 2.57. The SMILES string of the molecule is CC(C)c1nc(N2CCCOCC2)sc1CO. The Bertz CT molecular complexity index is 357. The van der Waals surface area contributed by atoms with E-state index in [1.807, 2.05) is 0 Å². The molecule has 0 bridgehead atoms. The molecule has 1 saturated heterocycles. The number of nitrogens with zero attached hydrogens (tertiary/aromatic N) is 2. The van der Waals surface area contributed by atoms with Crippen LogP contribution in [0.3, 0.4) is 0 Å². The fourth-order valence-corrected chi connectivity index (χ4v) is 3.11. The highest BCUT2D eigenvalue weighted by atomic mass is 32.1. The summed E-state index contributed by atoms with van der Waals surface area (Å²) in [5.74, 6) is 0.366. The van der Waals surface area contributed by atoms with Crippen LogP contribution in [0.5, 0.6) is 0 Å².